The van der Waals surface area contributed by atoms with Gasteiger partial charge in [0.2, 0.25) is 11.8 Å². The fourth-order valence-electron chi connectivity index (χ4n) is 4.20. The van der Waals surface area contributed by atoms with Crippen LogP contribution in [0.25, 0.3) is 11.0 Å². The second-order valence-electron chi connectivity index (χ2n) is 9.73. The quantitative estimate of drug-likeness (QED) is 0.225. The van der Waals surface area contributed by atoms with Crippen LogP contribution < -0.4 is 26.2 Å². The van der Waals surface area contributed by atoms with E-state index in [2.05, 4.69) is 29.1 Å². The molecule has 10 nitrogen and oxygen atoms in total. The van der Waals surface area contributed by atoms with Crippen molar-refractivity contribution in [1.29, 1.82) is 0 Å². The van der Waals surface area contributed by atoms with Crippen molar-refractivity contribution in [3.8, 4) is 17.4 Å². The Labute approximate surface area is 220 Å². The number of carbonyl (C=O) groups excluding carboxylic acids is 1. The molecule has 2 aromatic carbocycles. The van der Waals surface area contributed by atoms with Gasteiger partial charge in [0.25, 0.3) is 0 Å². The van der Waals surface area contributed by atoms with Crippen molar-refractivity contribution < 1.29 is 19.4 Å². The smallest absolute Gasteiger partial charge is 0.326 e. The van der Waals surface area contributed by atoms with Gasteiger partial charge in [-0.3, -0.25) is 9.36 Å². The predicted molar refractivity (Wildman–Crippen MR) is 145 cm³/mol. The number of imidazole rings is 1. The fourth-order valence-corrected chi connectivity index (χ4v) is 4.20. The maximum Gasteiger partial charge on any atom is 0.326 e. The molecular weight excluding hydrogens is 486 g/mol. The highest BCUT2D eigenvalue weighted by molar-refractivity contribution is 5.92. The van der Waals surface area contributed by atoms with Crippen LogP contribution >= 0.6 is 0 Å². The highest BCUT2D eigenvalue weighted by atomic mass is 16.5. The normalized spacial score (nSPS) is 12.4. The summed E-state index contributed by atoms with van der Waals surface area (Å²) in [5.74, 6) is 1.01. The minimum atomic E-state index is -0.741. The van der Waals surface area contributed by atoms with Crippen LogP contribution in [0, 0.1) is 0 Å². The van der Waals surface area contributed by atoms with Crippen LogP contribution in [0.4, 0.5) is 0 Å². The molecule has 1 amide bonds. The monoisotopic (exact) mass is 519 g/mol. The topological polar surface area (TPSA) is 144 Å². The molecule has 2 aromatic heterocycles. The van der Waals surface area contributed by atoms with Crippen molar-refractivity contribution in [3.05, 3.63) is 82.4 Å². The number of amides is 1. The highest BCUT2D eigenvalue weighted by Crippen LogP contribution is 2.24. The third kappa shape index (κ3) is 6.58. The van der Waals surface area contributed by atoms with Crippen molar-refractivity contribution in [2.45, 2.75) is 45.4 Å². The third-order valence-electron chi connectivity index (χ3n) is 6.13. The first-order valence-electron chi connectivity index (χ1n) is 12.5. The van der Waals surface area contributed by atoms with Gasteiger partial charge in [0.1, 0.15) is 29.7 Å². The number of aromatic amines is 1. The molecule has 0 saturated carbocycles. The zero-order chi connectivity index (χ0) is 27.3. The molecule has 0 spiro atoms. The Hall–Kier alpha value is -4.15. The van der Waals surface area contributed by atoms with Gasteiger partial charge in [-0.1, -0.05) is 18.2 Å². The molecule has 5 N–H and O–H groups in total. The summed E-state index contributed by atoms with van der Waals surface area (Å²) in [4.78, 5) is 30.2. The number of primary amides is 1. The van der Waals surface area contributed by atoms with Gasteiger partial charge < -0.3 is 30.6 Å². The van der Waals surface area contributed by atoms with Crippen molar-refractivity contribution in [2.75, 3.05) is 13.2 Å². The van der Waals surface area contributed by atoms with Gasteiger partial charge in [-0.05, 0) is 63.1 Å². The Morgan fingerprint density at radius 1 is 1.18 bits per heavy atom. The van der Waals surface area contributed by atoms with Crippen molar-refractivity contribution in [3.63, 3.8) is 0 Å². The van der Waals surface area contributed by atoms with Crippen LogP contribution in [-0.2, 0) is 13.0 Å². The number of aliphatic hydroxyl groups excluding tert-OH is 1. The number of fused-ring (bicyclic) bond motifs is 1. The first-order valence-corrected chi connectivity index (χ1v) is 12.5. The van der Waals surface area contributed by atoms with Crippen molar-refractivity contribution in [2.24, 2.45) is 5.73 Å². The van der Waals surface area contributed by atoms with Crippen LogP contribution in [0.2, 0.25) is 0 Å². The Balaban J connectivity index is 1.28. The zero-order valence-electron chi connectivity index (χ0n) is 21.7. The number of H-pyrrole nitrogens is 1. The first kappa shape index (κ1) is 26.9. The number of nitrogens with one attached hydrogen (secondary N) is 2. The zero-order valence-corrected chi connectivity index (χ0v) is 21.7. The minimum Gasteiger partial charge on any atom is -0.489 e. The lowest BCUT2D eigenvalue weighted by Crippen LogP contribution is -2.46. The number of aliphatic hydroxyl groups is 1. The number of aromatic nitrogens is 3. The Kier molecular flexibility index (Phi) is 8.13. The minimum absolute atomic E-state index is 0.0891. The summed E-state index contributed by atoms with van der Waals surface area (Å²) in [6.07, 6.45) is 1.36. The number of carbonyl (C=O) groups is 1. The summed E-state index contributed by atoms with van der Waals surface area (Å²) < 4.78 is 13.2. The summed E-state index contributed by atoms with van der Waals surface area (Å²) in [6.45, 7) is 6.98. The Bertz CT molecular complexity index is 1440. The SMILES string of the molecule is CCn1c(=O)[nH]c2cccc(OC[C@@H](O)CNC(C)(C)Cc3ccc(Oc4ccc(C(N)=O)cn4)cc3)c21. The number of nitrogens with zero attached hydrogens (tertiary/aromatic N) is 2. The van der Waals surface area contributed by atoms with Crippen LogP contribution in [0.3, 0.4) is 0 Å². The molecule has 0 aliphatic heterocycles. The van der Waals surface area contributed by atoms with Gasteiger partial charge >= 0.3 is 5.69 Å². The summed E-state index contributed by atoms with van der Waals surface area (Å²) in [5, 5.41) is 14.0. The van der Waals surface area contributed by atoms with Gasteiger partial charge in [0.15, 0.2) is 0 Å². The molecule has 0 aliphatic rings. The molecular formula is C28H33N5O5. The second-order valence-corrected chi connectivity index (χ2v) is 9.73. The molecule has 38 heavy (non-hydrogen) atoms. The van der Waals surface area contributed by atoms with Gasteiger partial charge in [-0.2, -0.15) is 0 Å². The number of β-amino-alcohol motifs (C(OH)–C–C–N with tert-alkyl or cyclic N) is 1. The van der Waals surface area contributed by atoms with Gasteiger partial charge in [0.05, 0.1) is 11.1 Å². The number of hydrogen-bond acceptors (Lipinski definition) is 7. The largest absolute Gasteiger partial charge is 0.489 e. The van der Waals surface area contributed by atoms with E-state index in [0.29, 0.717) is 47.1 Å². The molecule has 0 fully saturated rings. The lowest BCUT2D eigenvalue weighted by atomic mass is 9.94. The maximum atomic E-state index is 12.1. The number of hydrogen-bond donors (Lipinski definition) is 4. The van der Waals surface area contributed by atoms with Crippen molar-refractivity contribution in [1.82, 2.24) is 19.9 Å². The highest BCUT2D eigenvalue weighted by Gasteiger charge is 2.20. The molecule has 10 heteroatoms. The number of nitrogens with two attached hydrogens (primary N) is 1. The molecule has 0 bridgehead atoms. The van der Waals surface area contributed by atoms with E-state index in [4.69, 9.17) is 15.2 Å². The van der Waals surface area contributed by atoms with Crippen LogP contribution in [0.15, 0.2) is 65.6 Å². The van der Waals surface area contributed by atoms with Crippen LogP contribution in [0.5, 0.6) is 17.4 Å². The van der Waals surface area contributed by atoms with Gasteiger partial charge in [-0.25, -0.2) is 9.78 Å². The average Bonchev–Trinajstić information content (AvgIpc) is 3.23. The van der Waals surface area contributed by atoms with Gasteiger partial charge in [0, 0.05) is 30.9 Å². The van der Waals surface area contributed by atoms with E-state index >= 15 is 0 Å². The first-order chi connectivity index (χ1) is 18.1. The summed E-state index contributed by atoms with van der Waals surface area (Å²) in [6, 6.07) is 16.3. The van der Waals surface area contributed by atoms with Crippen LogP contribution in [-0.4, -0.2) is 50.3 Å². The van der Waals surface area contributed by atoms with E-state index in [0.717, 1.165) is 12.0 Å². The van der Waals surface area contributed by atoms with E-state index < -0.39 is 12.0 Å². The van der Waals surface area contributed by atoms with Crippen LogP contribution in [0.1, 0.15) is 36.7 Å². The number of rotatable bonds is 12. The lowest BCUT2D eigenvalue weighted by Gasteiger charge is -2.28. The molecule has 0 unspecified atom stereocenters. The third-order valence-corrected chi connectivity index (χ3v) is 6.13. The summed E-state index contributed by atoms with van der Waals surface area (Å²) in [7, 11) is 0. The van der Waals surface area contributed by atoms with E-state index in [1.54, 1.807) is 22.8 Å². The molecule has 0 radical (unpaired) electrons. The second kappa shape index (κ2) is 11.5. The predicted octanol–water partition coefficient (Wildman–Crippen LogP) is 2.99. The number of benzene rings is 2. The van der Waals surface area contributed by atoms with Gasteiger partial charge in [-0.15, -0.1) is 0 Å². The lowest BCUT2D eigenvalue weighted by molar-refractivity contribution is 0.0993. The summed E-state index contributed by atoms with van der Waals surface area (Å²) in [5.41, 5.74) is 7.57. The molecule has 200 valence electrons. The molecule has 0 saturated heterocycles. The molecule has 4 rings (SSSR count). The number of ether oxygens (including phenoxy) is 2. The van der Waals surface area contributed by atoms with E-state index in [1.165, 1.54) is 6.20 Å². The standard InChI is InChI=1S/C28H33N5O5/c1-4-33-25-22(32-27(33)36)6-5-7-23(25)37-17-20(34)16-31-28(2,3)14-18-8-11-21(12-9-18)38-24-13-10-19(15-30-24)26(29)35/h5-13,15,20,31,34H,4,14,16-17H2,1-3H3,(H2,29,35)(H,32,36)/t20-/m0/s1. The molecule has 2 heterocycles. The number of aryl methyl sites for hydroxylation is 1. The molecule has 0 aliphatic carbocycles. The maximum absolute atomic E-state index is 12.1. The average molecular weight is 520 g/mol. The fraction of sp³-hybridized carbons (Fsp3) is 0.321. The van der Waals surface area contributed by atoms with E-state index in [-0.39, 0.29) is 17.8 Å². The number of para-hydroxylation sites is 1. The van der Waals surface area contributed by atoms with Crippen molar-refractivity contribution >= 4 is 16.9 Å². The number of pyridine rings is 1. The summed E-state index contributed by atoms with van der Waals surface area (Å²) >= 11 is 0. The molecule has 1 atom stereocenters. The Morgan fingerprint density at radius 2 is 1.95 bits per heavy atom. The molecule has 4 aromatic rings. The Morgan fingerprint density at radius 3 is 2.61 bits per heavy atom. The van der Waals surface area contributed by atoms with E-state index in [1.807, 2.05) is 43.3 Å². The van der Waals surface area contributed by atoms with E-state index in [9.17, 15) is 14.7 Å².